The van der Waals surface area contributed by atoms with E-state index in [0.717, 1.165) is 21.4 Å². The second kappa shape index (κ2) is 5.98. The minimum atomic E-state index is -0.146. The lowest BCUT2D eigenvalue weighted by atomic mass is 10.1. The maximum absolute atomic E-state index is 9.48. The van der Waals surface area contributed by atoms with Crippen molar-refractivity contribution in [3.05, 3.63) is 58.3 Å². The van der Waals surface area contributed by atoms with Crippen molar-refractivity contribution in [2.75, 3.05) is 11.9 Å². The molecule has 0 saturated heterocycles. The average molecular weight is 307 g/mol. The van der Waals surface area contributed by atoms with E-state index in [1.165, 1.54) is 0 Å². The number of nitrogens with zero attached hydrogens (tertiary/aromatic N) is 1. The number of aryl methyl sites for hydroxylation is 1. The number of aliphatic hydroxyl groups excluding tert-OH is 1. The maximum Gasteiger partial charge on any atom is 0.0759 e. The van der Waals surface area contributed by atoms with E-state index in [1.54, 1.807) is 6.20 Å². The number of pyridine rings is 1. The molecule has 1 aromatic heterocycles. The highest BCUT2D eigenvalue weighted by molar-refractivity contribution is 9.10. The van der Waals surface area contributed by atoms with E-state index in [4.69, 9.17) is 0 Å². The van der Waals surface area contributed by atoms with Gasteiger partial charge in [-0.05, 0) is 36.8 Å². The summed E-state index contributed by atoms with van der Waals surface area (Å²) in [5, 5.41) is 12.8. The number of hydrogen-bond acceptors (Lipinski definition) is 3. The van der Waals surface area contributed by atoms with E-state index in [1.807, 2.05) is 43.3 Å². The van der Waals surface area contributed by atoms with E-state index in [9.17, 15) is 5.11 Å². The molecule has 18 heavy (non-hydrogen) atoms. The lowest BCUT2D eigenvalue weighted by Crippen LogP contribution is -2.15. The third kappa shape index (κ3) is 3.31. The van der Waals surface area contributed by atoms with Crippen molar-refractivity contribution in [1.82, 2.24) is 4.98 Å². The minimum Gasteiger partial charge on any atom is -0.394 e. The monoisotopic (exact) mass is 306 g/mol. The molecular formula is C14H15BrN2O. The number of halogens is 1. The number of rotatable bonds is 4. The van der Waals surface area contributed by atoms with Gasteiger partial charge in [0, 0.05) is 22.1 Å². The van der Waals surface area contributed by atoms with Crippen molar-refractivity contribution in [3.63, 3.8) is 0 Å². The summed E-state index contributed by atoms with van der Waals surface area (Å²) in [6.45, 7) is 1.97. The molecule has 94 valence electrons. The van der Waals surface area contributed by atoms with Crippen LogP contribution in [0.5, 0.6) is 0 Å². The smallest absolute Gasteiger partial charge is 0.0759 e. The number of nitrogens with one attached hydrogen (secondary N) is 1. The Morgan fingerprint density at radius 2 is 2.17 bits per heavy atom. The summed E-state index contributed by atoms with van der Waals surface area (Å²) in [5.74, 6) is 0. The predicted octanol–water partition coefficient (Wildman–Crippen LogP) is 3.30. The zero-order valence-corrected chi connectivity index (χ0v) is 11.7. The molecule has 0 saturated carbocycles. The number of benzene rings is 1. The number of hydrogen-bond donors (Lipinski definition) is 2. The summed E-state index contributed by atoms with van der Waals surface area (Å²) >= 11 is 3.42. The van der Waals surface area contributed by atoms with Crippen LogP contribution in [-0.4, -0.2) is 16.7 Å². The van der Waals surface area contributed by atoms with Crippen LogP contribution in [0.4, 0.5) is 5.69 Å². The van der Waals surface area contributed by atoms with Crippen molar-refractivity contribution >= 4 is 21.6 Å². The summed E-state index contributed by atoms with van der Waals surface area (Å²) < 4.78 is 1.01. The summed E-state index contributed by atoms with van der Waals surface area (Å²) in [6, 6.07) is 11.6. The fourth-order valence-corrected chi connectivity index (χ4v) is 2.10. The van der Waals surface area contributed by atoms with E-state index in [-0.39, 0.29) is 12.6 Å². The zero-order chi connectivity index (χ0) is 13.0. The fourth-order valence-electron chi connectivity index (χ4n) is 1.70. The lowest BCUT2D eigenvalue weighted by molar-refractivity contribution is 0.276. The Kier molecular flexibility index (Phi) is 4.33. The second-order valence-electron chi connectivity index (χ2n) is 4.12. The highest BCUT2D eigenvalue weighted by atomic mass is 79.9. The Labute approximate surface area is 115 Å². The summed E-state index contributed by atoms with van der Waals surface area (Å²) in [4.78, 5) is 4.25. The van der Waals surface area contributed by atoms with Crippen molar-refractivity contribution < 1.29 is 5.11 Å². The Hall–Kier alpha value is -1.39. The van der Waals surface area contributed by atoms with Crippen molar-refractivity contribution in [2.45, 2.75) is 13.0 Å². The van der Waals surface area contributed by atoms with Crippen molar-refractivity contribution in [3.8, 4) is 0 Å². The third-order valence-corrected chi connectivity index (χ3v) is 3.18. The highest BCUT2D eigenvalue weighted by Crippen LogP contribution is 2.21. The minimum absolute atomic E-state index is 0.0251. The maximum atomic E-state index is 9.48. The second-order valence-corrected chi connectivity index (χ2v) is 5.04. The van der Waals surface area contributed by atoms with Crippen LogP contribution in [-0.2, 0) is 0 Å². The largest absolute Gasteiger partial charge is 0.394 e. The molecule has 1 unspecified atom stereocenters. The Bertz CT molecular complexity index is 513. The predicted molar refractivity (Wildman–Crippen MR) is 76.6 cm³/mol. The van der Waals surface area contributed by atoms with Crippen molar-refractivity contribution in [2.24, 2.45) is 0 Å². The van der Waals surface area contributed by atoms with Gasteiger partial charge in [0.1, 0.15) is 0 Å². The first kappa shape index (κ1) is 13.1. The molecule has 0 aliphatic carbocycles. The molecule has 0 aliphatic rings. The van der Waals surface area contributed by atoms with Gasteiger partial charge in [-0.1, -0.05) is 28.1 Å². The number of aliphatic hydroxyl groups is 1. The molecule has 0 amide bonds. The van der Waals surface area contributed by atoms with E-state index >= 15 is 0 Å². The summed E-state index contributed by atoms with van der Waals surface area (Å²) in [6.07, 6.45) is 1.79. The molecule has 2 aromatic rings. The van der Waals surface area contributed by atoms with Gasteiger partial charge in [0.2, 0.25) is 0 Å². The molecule has 0 fully saturated rings. The van der Waals surface area contributed by atoms with Gasteiger partial charge in [-0.25, -0.2) is 0 Å². The topological polar surface area (TPSA) is 45.1 Å². The molecule has 0 radical (unpaired) electrons. The van der Waals surface area contributed by atoms with Crippen LogP contribution in [0.3, 0.4) is 0 Å². The van der Waals surface area contributed by atoms with Crippen LogP contribution in [0.15, 0.2) is 47.1 Å². The molecule has 3 nitrogen and oxygen atoms in total. The quantitative estimate of drug-likeness (QED) is 0.911. The molecule has 1 heterocycles. The molecule has 4 heteroatoms. The molecule has 2 N–H and O–H groups in total. The SMILES string of the molecule is Cc1ccc(C(CO)Nc2cccc(Br)c2)cn1. The summed E-state index contributed by atoms with van der Waals surface area (Å²) in [7, 11) is 0. The van der Waals surface area contributed by atoms with Gasteiger partial charge in [0.15, 0.2) is 0 Å². The van der Waals surface area contributed by atoms with E-state index in [0.29, 0.717) is 0 Å². The van der Waals surface area contributed by atoms with Crippen LogP contribution in [0.2, 0.25) is 0 Å². The molecule has 1 aromatic carbocycles. The van der Waals surface area contributed by atoms with Gasteiger partial charge < -0.3 is 10.4 Å². The first-order chi connectivity index (χ1) is 8.69. The van der Waals surface area contributed by atoms with Crippen LogP contribution in [0, 0.1) is 6.92 Å². The average Bonchev–Trinajstić information content (AvgIpc) is 2.37. The van der Waals surface area contributed by atoms with Gasteiger partial charge in [0.05, 0.1) is 12.6 Å². The third-order valence-electron chi connectivity index (χ3n) is 2.68. The number of aromatic nitrogens is 1. The van der Waals surface area contributed by atoms with E-state index < -0.39 is 0 Å². The van der Waals surface area contributed by atoms with Gasteiger partial charge in [0.25, 0.3) is 0 Å². The summed E-state index contributed by atoms with van der Waals surface area (Å²) in [5.41, 5.74) is 2.91. The highest BCUT2D eigenvalue weighted by Gasteiger charge is 2.10. The molecule has 0 spiro atoms. The van der Waals surface area contributed by atoms with Gasteiger partial charge >= 0.3 is 0 Å². The van der Waals surface area contributed by atoms with E-state index in [2.05, 4.69) is 26.2 Å². The van der Waals surface area contributed by atoms with Crippen LogP contribution in [0.25, 0.3) is 0 Å². The zero-order valence-electron chi connectivity index (χ0n) is 10.1. The first-order valence-corrected chi connectivity index (χ1v) is 6.54. The number of anilines is 1. The Balaban J connectivity index is 2.17. The molecule has 0 bridgehead atoms. The molecule has 0 aliphatic heterocycles. The Morgan fingerprint density at radius 3 is 2.78 bits per heavy atom. The first-order valence-electron chi connectivity index (χ1n) is 5.74. The molecular weight excluding hydrogens is 292 g/mol. The standard InChI is InChI=1S/C14H15BrN2O/c1-10-5-6-11(8-16-10)14(9-18)17-13-4-2-3-12(15)7-13/h2-8,14,17-18H,9H2,1H3. The molecule has 2 rings (SSSR count). The van der Waals surface area contributed by atoms with Gasteiger partial charge in [-0.3, -0.25) is 4.98 Å². The normalized spacial score (nSPS) is 12.2. The Morgan fingerprint density at radius 1 is 1.33 bits per heavy atom. The van der Waals surface area contributed by atoms with Crippen molar-refractivity contribution in [1.29, 1.82) is 0 Å². The lowest BCUT2D eigenvalue weighted by Gasteiger charge is -2.18. The molecule has 1 atom stereocenters. The van der Waals surface area contributed by atoms with Crippen LogP contribution < -0.4 is 5.32 Å². The van der Waals surface area contributed by atoms with Gasteiger partial charge in [-0.2, -0.15) is 0 Å². The fraction of sp³-hybridized carbons (Fsp3) is 0.214. The van der Waals surface area contributed by atoms with Crippen LogP contribution >= 0.6 is 15.9 Å². The van der Waals surface area contributed by atoms with Gasteiger partial charge in [-0.15, -0.1) is 0 Å². The van der Waals surface area contributed by atoms with Crippen LogP contribution in [0.1, 0.15) is 17.3 Å².